The van der Waals surface area contributed by atoms with Crippen LogP contribution in [-0.2, 0) is 19.1 Å². The first-order chi connectivity index (χ1) is 22.3. The zero-order chi connectivity index (χ0) is 33.7. The Labute approximate surface area is 274 Å². The van der Waals surface area contributed by atoms with Gasteiger partial charge in [-0.3, -0.25) is 0 Å². The number of ether oxygens (including phenoxy) is 2. The Morgan fingerprint density at radius 2 is 1.02 bits per heavy atom. The summed E-state index contributed by atoms with van der Waals surface area (Å²) in [4.78, 5) is 23.2. The molecule has 224 valence electrons. The van der Waals surface area contributed by atoms with Crippen molar-refractivity contribution in [1.82, 2.24) is 0 Å². The molecule has 4 heteroatoms. The number of rotatable bonds is 8. The van der Waals surface area contributed by atoms with E-state index < -0.39 is 5.97 Å². The molecule has 3 unspecified atom stereocenters. The topological polar surface area (TPSA) is 52.6 Å². The molecule has 0 bridgehead atoms. The molecule has 0 heterocycles. The van der Waals surface area contributed by atoms with Crippen molar-refractivity contribution in [3.63, 3.8) is 0 Å². The zero-order valence-corrected chi connectivity index (χ0v) is 26.2. The highest BCUT2D eigenvalue weighted by Gasteiger charge is 2.13. The molecular weight excluding hydrogens is 568 g/mol. The van der Waals surface area contributed by atoms with Gasteiger partial charge in [0.2, 0.25) is 0 Å². The van der Waals surface area contributed by atoms with Gasteiger partial charge in [-0.2, -0.15) is 0 Å². The van der Waals surface area contributed by atoms with Crippen molar-refractivity contribution >= 4 is 24.1 Å². The van der Waals surface area contributed by atoms with E-state index in [4.69, 9.17) is 15.9 Å². The van der Waals surface area contributed by atoms with Crippen molar-refractivity contribution in [1.29, 1.82) is 0 Å². The third kappa shape index (κ3) is 20.3. The van der Waals surface area contributed by atoms with Crippen LogP contribution >= 0.6 is 0 Å². The molecule has 0 saturated heterocycles. The van der Waals surface area contributed by atoms with E-state index in [0.29, 0.717) is 0 Å². The highest BCUT2D eigenvalue weighted by Crippen LogP contribution is 2.08. The Morgan fingerprint density at radius 3 is 1.43 bits per heavy atom. The fourth-order valence-corrected chi connectivity index (χ4v) is 2.75. The zero-order valence-electron chi connectivity index (χ0n) is 26.2. The van der Waals surface area contributed by atoms with E-state index >= 15 is 0 Å². The van der Waals surface area contributed by atoms with E-state index in [1.807, 2.05) is 81.4 Å². The first kappa shape index (κ1) is 37.4. The molecule has 4 nitrogen and oxygen atoms in total. The fourth-order valence-electron chi connectivity index (χ4n) is 2.75. The van der Waals surface area contributed by atoms with Crippen LogP contribution in [0, 0.1) is 101 Å². The molecule has 0 aliphatic rings. The van der Waals surface area contributed by atoms with E-state index in [1.165, 1.54) is 12.2 Å². The summed E-state index contributed by atoms with van der Waals surface area (Å²) >= 11 is 0. The van der Waals surface area contributed by atoms with Crippen LogP contribution in [0.25, 0.3) is 12.2 Å². The molecule has 0 spiro atoms. The van der Waals surface area contributed by atoms with E-state index in [-0.39, 0.29) is 24.1 Å². The highest BCUT2D eigenvalue weighted by atomic mass is 16.5. The normalized spacial score (nSPS) is 10.5. The molecule has 0 amide bonds. The van der Waals surface area contributed by atoms with Crippen molar-refractivity contribution in [3.05, 3.63) is 83.9 Å². The van der Waals surface area contributed by atoms with Crippen molar-refractivity contribution in [2.24, 2.45) is 5.92 Å². The Bertz CT molecular complexity index is 1840. The standard InChI is InChI=1S/C29H16O2.C13H16O2/c1-4-5-6-7-8-9-10-11-12-13-14-15-16-18-21-26(2)27(3)31-29(30)25-24-28-22-19-17-20-23-28;1-3-11(2)15-13(14)10-9-12-7-5-4-6-8-12/h1,17,19-20,22-27H,2-3H3;4-11H,3H2,1-2H3/b25-24-;10-9-. The van der Waals surface area contributed by atoms with E-state index in [1.54, 1.807) is 19.1 Å². The number of terminal acetylenes is 1. The molecule has 0 aliphatic heterocycles. The Balaban J connectivity index is 0.000000587. The number of hydrogen-bond donors (Lipinski definition) is 0. The maximum Gasteiger partial charge on any atom is 0.331 e. The Morgan fingerprint density at radius 1 is 0.630 bits per heavy atom. The molecule has 0 aromatic heterocycles. The smallest absolute Gasteiger partial charge is 0.331 e. The lowest BCUT2D eigenvalue weighted by Crippen LogP contribution is -2.19. The van der Waals surface area contributed by atoms with Gasteiger partial charge in [0.1, 0.15) is 6.10 Å². The molecule has 2 aromatic carbocycles. The molecule has 3 atom stereocenters. The van der Waals surface area contributed by atoms with Crippen LogP contribution in [0.1, 0.15) is 45.2 Å². The molecule has 0 saturated carbocycles. The molecule has 0 radical (unpaired) electrons. The van der Waals surface area contributed by atoms with E-state index in [2.05, 4.69) is 88.8 Å². The highest BCUT2D eigenvalue weighted by molar-refractivity contribution is 5.87. The second-order valence-corrected chi connectivity index (χ2v) is 8.99. The SMILES string of the molecule is C#CC#CC#CC#CC#CC#CC#CC#CC(C)C(C)OC(=O)/C=C\c1ccccc1.CCC(C)OC(=O)/C=C\c1ccccc1. The summed E-state index contributed by atoms with van der Waals surface area (Å²) in [7, 11) is 0. The van der Waals surface area contributed by atoms with Gasteiger partial charge in [-0.25, -0.2) is 9.59 Å². The van der Waals surface area contributed by atoms with Crippen LogP contribution in [-0.4, -0.2) is 24.1 Å². The minimum Gasteiger partial charge on any atom is -0.460 e. The lowest BCUT2D eigenvalue weighted by molar-refractivity contribution is -0.143. The first-order valence-electron chi connectivity index (χ1n) is 14.2. The summed E-state index contributed by atoms with van der Waals surface area (Å²) in [5.41, 5.74) is 1.92. The monoisotopic (exact) mass is 600 g/mol. The molecule has 0 fully saturated rings. The Kier molecular flexibility index (Phi) is 20.2. The quantitative estimate of drug-likeness (QED) is 0.213. The number of benzene rings is 2. The van der Waals surface area contributed by atoms with Gasteiger partial charge < -0.3 is 9.47 Å². The second kappa shape index (κ2) is 24.9. The third-order valence-electron chi connectivity index (χ3n) is 5.44. The number of hydrogen-bond acceptors (Lipinski definition) is 4. The largest absolute Gasteiger partial charge is 0.460 e. The summed E-state index contributed by atoms with van der Waals surface area (Å²) < 4.78 is 10.4. The van der Waals surface area contributed by atoms with Gasteiger partial charge in [0.05, 0.1) is 12.0 Å². The van der Waals surface area contributed by atoms with Crippen LogP contribution in [0.5, 0.6) is 0 Å². The van der Waals surface area contributed by atoms with Gasteiger partial charge in [-0.05, 0) is 133 Å². The van der Waals surface area contributed by atoms with Crippen LogP contribution in [0.4, 0.5) is 0 Å². The summed E-state index contributed by atoms with van der Waals surface area (Å²) in [5.74, 6) is 36.8. The van der Waals surface area contributed by atoms with Gasteiger partial charge in [-0.1, -0.05) is 73.5 Å². The molecule has 46 heavy (non-hydrogen) atoms. The molecule has 0 N–H and O–H groups in total. The van der Waals surface area contributed by atoms with Crippen LogP contribution in [0.3, 0.4) is 0 Å². The molecule has 2 rings (SSSR count). The maximum absolute atomic E-state index is 11.9. The van der Waals surface area contributed by atoms with Crippen molar-refractivity contribution < 1.29 is 19.1 Å². The minimum atomic E-state index is -0.421. The van der Waals surface area contributed by atoms with E-state index in [0.717, 1.165) is 17.5 Å². The second-order valence-electron chi connectivity index (χ2n) is 8.99. The fraction of sp³-hybridized carbons (Fsp3) is 0.190. The number of carbonyl (C=O) groups is 2. The summed E-state index contributed by atoms with van der Waals surface area (Å²) in [5, 5.41) is 0. The van der Waals surface area contributed by atoms with Crippen molar-refractivity contribution in [3.8, 4) is 95.2 Å². The predicted octanol–water partition coefficient (Wildman–Crippen LogP) is 5.97. The van der Waals surface area contributed by atoms with Gasteiger partial charge in [0.25, 0.3) is 0 Å². The number of esters is 2. The lowest BCUT2D eigenvalue weighted by Gasteiger charge is -2.14. The van der Waals surface area contributed by atoms with Gasteiger partial charge >= 0.3 is 11.9 Å². The third-order valence-corrected chi connectivity index (χ3v) is 5.44. The van der Waals surface area contributed by atoms with Gasteiger partial charge in [0, 0.05) is 12.2 Å². The predicted molar refractivity (Wildman–Crippen MR) is 185 cm³/mol. The molecular formula is C42H32O4. The summed E-state index contributed by atoms with van der Waals surface area (Å²) in [6.07, 6.45) is 11.7. The minimum absolute atomic E-state index is 0.0158. The molecule has 0 aliphatic carbocycles. The lowest BCUT2D eigenvalue weighted by atomic mass is 10.1. The van der Waals surface area contributed by atoms with Gasteiger partial charge in [-0.15, -0.1) is 6.42 Å². The Hall–Kier alpha value is -6.66. The van der Waals surface area contributed by atoms with Crippen LogP contribution in [0.15, 0.2) is 72.8 Å². The number of carbonyl (C=O) groups excluding carboxylic acids is 2. The van der Waals surface area contributed by atoms with Crippen molar-refractivity contribution in [2.45, 2.75) is 46.3 Å². The van der Waals surface area contributed by atoms with E-state index in [9.17, 15) is 9.59 Å². The first-order valence-corrected chi connectivity index (χ1v) is 14.2. The van der Waals surface area contributed by atoms with Crippen LogP contribution in [0.2, 0.25) is 0 Å². The maximum atomic E-state index is 11.9. The summed E-state index contributed by atoms with van der Waals surface area (Å²) in [6, 6.07) is 19.2. The average Bonchev–Trinajstić information content (AvgIpc) is 3.07. The summed E-state index contributed by atoms with van der Waals surface area (Å²) in [6.45, 7) is 7.50. The average molecular weight is 601 g/mol. The molecule has 2 aromatic rings. The van der Waals surface area contributed by atoms with Gasteiger partial charge in [0.15, 0.2) is 0 Å². The van der Waals surface area contributed by atoms with Crippen LogP contribution < -0.4 is 0 Å². The van der Waals surface area contributed by atoms with Crippen molar-refractivity contribution in [2.75, 3.05) is 0 Å².